The van der Waals surface area contributed by atoms with Crippen molar-refractivity contribution >= 4 is 17.8 Å². The van der Waals surface area contributed by atoms with Gasteiger partial charge in [0.2, 0.25) is 5.91 Å². The van der Waals surface area contributed by atoms with Crippen LogP contribution in [-0.2, 0) is 15.1 Å². The average molecular weight is 319 g/mol. The Labute approximate surface area is 134 Å². The van der Waals surface area contributed by atoms with E-state index in [0.29, 0.717) is 18.8 Å². The summed E-state index contributed by atoms with van der Waals surface area (Å²) in [5.41, 5.74) is -1.25. The number of nitrogens with zero attached hydrogens (tertiary/aromatic N) is 2. The number of amides is 4. The first-order valence-corrected chi connectivity index (χ1v) is 7.98. The molecule has 23 heavy (non-hydrogen) atoms. The van der Waals surface area contributed by atoms with Gasteiger partial charge in [-0.15, -0.1) is 0 Å². The van der Waals surface area contributed by atoms with Gasteiger partial charge in [-0.1, -0.05) is 12.8 Å². The fourth-order valence-electron chi connectivity index (χ4n) is 3.13. The lowest BCUT2D eigenvalue weighted by molar-refractivity contribution is -0.139. The molecule has 124 valence electrons. The Balaban J connectivity index is 1.72. The molecule has 7 nitrogen and oxygen atoms in total. The van der Waals surface area contributed by atoms with Gasteiger partial charge < -0.3 is 14.6 Å². The molecule has 0 spiro atoms. The van der Waals surface area contributed by atoms with Crippen LogP contribution >= 0.6 is 0 Å². The van der Waals surface area contributed by atoms with Crippen LogP contribution in [0.5, 0.6) is 0 Å². The second-order valence-electron chi connectivity index (χ2n) is 6.22. The summed E-state index contributed by atoms with van der Waals surface area (Å²) in [6.45, 7) is 2.75. The third-order valence-electron chi connectivity index (χ3n) is 4.54. The molecule has 3 heterocycles. The van der Waals surface area contributed by atoms with Gasteiger partial charge in [-0.05, 0) is 31.9 Å². The maximum Gasteiger partial charge on any atom is 0.325 e. The minimum atomic E-state index is -1.25. The van der Waals surface area contributed by atoms with Gasteiger partial charge in [0.15, 0.2) is 5.54 Å². The third-order valence-corrected chi connectivity index (χ3v) is 4.54. The van der Waals surface area contributed by atoms with E-state index in [-0.39, 0.29) is 12.5 Å². The second-order valence-corrected chi connectivity index (χ2v) is 6.22. The standard InChI is InChI=1S/C16H21N3O4/c1-16(12-7-6-10-23-12)14(21)19(15(22)17-16)11-13(20)18-8-4-2-3-5-9-18/h6-7,10H,2-5,8-9,11H2,1H3,(H,17,22). The molecule has 2 aliphatic heterocycles. The smallest absolute Gasteiger partial charge is 0.325 e. The van der Waals surface area contributed by atoms with Crippen LogP contribution in [-0.4, -0.2) is 47.3 Å². The molecule has 0 bridgehead atoms. The highest BCUT2D eigenvalue weighted by Gasteiger charge is 2.51. The third kappa shape index (κ3) is 2.83. The Kier molecular flexibility index (Phi) is 4.11. The van der Waals surface area contributed by atoms with Gasteiger partial charge in [-0.3, -0.25) is 14.5 Å². The molecule has 0 aliphatic carbocycles. The Hall–Kier alpha value is -2.31. The Morgan fingerprint density at radius 2 is 1.96 bits per heavy atom. The highest BCUT2D eigenvalue weighted by molar-refractivity contribution is 6.08. The predicted molar refractivity (Wildman–Crippen MR) is 81.4 cm³/mol. The number of carbonyl (C=O) groups excluding carboxylic acids is 3. The zero-order chi connectivity index (χ0) is 16.4. The van der Waals surface area contributed by atoms with Crippen molar-refractivity contribution in [3.05, 3.63) is 24.2 Å². The number of hydrogen-bond acceptors (Lipinski definition) is 4. The van der Waals surface area contributed by atoms with Gasteiger partial charge in [0, 0.05) is 13.1 Å². The highest BCUT2D eigenvalue weighted by atomic mass is 16.3. The van der Waals surface area contributed by atoms with Crippen molar-refractivity contribution in [2.24, 2.45) is 0 Å². The van der Waals surface area contributed by atoms with E-state index in [9.17, 15) is 14.4 Å². The molecule has 2 saturated heterocycles. The maximum absolute atomic E-state index is 12.6. The molecule has 1 aromatic rings. The summed E-state index contributed by atoms with van der Waals surface area (Å²) in [5, 5.41) is 2.63. The molecular weight excluding hydrogens is 298 g/mol. The van der Waals surface area contributed by atoms with E-state index in [1.165, 1.54) is 6.26 Å². The molecule has 4 amide bonds. The zero-order valence-electron chi connectivity index (χ0n) is 13.2. The Morgan fingerprint density at radius 1 is 1.26 bits per heavy atom. The first-order valence-electron chi connectivity index (χ1n) is 7.98. The minimum Gasteiger partial charge on any atom is -0.466 e. The van der Waals surface area contributed by atoms with E-state index < -0.39 is 17.5 Å². The van der Waals surface area contributed by atoms with E-state index >= 15 is 0 Å². The van der Waals surface area contributed by atoms with Gasteiger partial charge in [0.05, 0.1) is 6.26 Å². The summed E-state index contributed by atoms with van der Waals surface area (Å²) in [7, 11) is 0. The lowest BCUT2D eigenvalue weighted by Crippen LogP contribution is -2.44. The normalized spacial score (nSPS) is 25.4. The van der Waals surface area contributed by atoms with Gasteiger partial charge in [-0.25, -0.2) is 4.79 Å². The topological polar surface area (TPSA) is 82.9 Å². The summed E-state index contributed by atoms with van der Waals surface area (Å²) < 4.78 is 5.27. The van der Waals surface area contributed by atoms with Crippen LogP contribution < -0.4 is 5.32 Å². The molecule has 1 unspecified atom stereocenters. The molecule has 0 saturated carbocycles. The van der Waals surface area contributed by atoms with Crippen LogP contribution in [0, 0.1) is 0 Å². The summed E-state index contributed by atoms with van der Waals surface area (Å²) >= 11 is 0. The molecule has 0 aromatic carbocycles. The van der Waals surface area contributed by atoms with Crippen LogP contribution in [0.15, 0.2) is 22.8 Å². The quantitative estimate of drug-likeness (QED) is 0.855. The second kappa shape index (κ2) is 6.06. The molecule has 2 fully saturated rings. The van der Waals surface area contributed by atoms with Crippen molar-refractivity contribution in [1.82, 2.24) is 15.1 Å². The van der Waals surface area contributed by atoms with Crippen molar-refractivity contribution in [3.63, 3.8) is 0 Å². The van der Waals surface area contributed by atoms with E-state index in [4.69, 9.17) is 4.42 Å². The summed E-state index contributed by atoms with van der Waals surface area (Å²) in [4.78, 5) is 39.9. The number of nitrogens with one attached hydrogen (secondary N) is 1. The number of hydrogen-bond donors (Lipinski definition) is 1. The van der Waals surface area contributed by atoms with Gasteiger partial charge in [0.25, 0.3) is 5.91 Å². The average Bonchev–Trinajstić information content (AvgIpc) is 3.02. The molecule has 1 N–H and O–H groups in total. The lowest BCUT2D eigenvalue weighted by atomic mass is 9.99. The van der Waals surface area contributed by atoms with Gasteiger partial charge in [-0.2, -0.15) is 0 Å². The summed E-state index contributed by atoms with van der Waals surface area (Å²) in [5.74, 6) is -0.278. The van der Waals surface area contributed by atoms with E-state index in [1.54, 1.807) is 24.0 Å². The fourth-order valence-corrected chi connectivity index (χ4v) is 3.13. The molecule has 3 rings (SSSR count). The number of imide groups is 1. The van der Waals surface area contributed by atoms with Crippen LogP contribution in [0.3, 0.4) is 0 Å². The van der Waals surface area contributed by atoms with Crippen molar-refractivity contribution < 1.29 is 18.8 Å². The number of furan rings is 1. The Bertz CT molecular complexity index is 605. The summed E-state index contributed by atoms with van der Waals surface area (Å²) in [6.07, 6.45) is 5.62. The molecular formula is C16H21N3O4. The largest absolute Gasteiger partial charge is 0.466 e. The van der Waals surface area contributed by atoms with Crippen LogP contribution in [0.1, 0.15) is 38.4 Å². The van der Waals surface area contributed by atoms with E-state index in [2.05, 4.69) is 5.32 Å². The van der Waals surface area contributed by atoms with Crippen molar-refractivity contribution in [2.45, 2.75) is 38.1 Å². The predicted octanol–water partition coefficient (Wildman–Crippen LogP) is 1.45. The molecule has 0 radical (unpaired) electrons. The van der Waals surface area contributed by atoms with Crippen molar-refractivity contribution in [2.75, 3.05) is 19.6 Å². The Morgan fingerprint density at radius 3 is 2.57 bits per heavy atom. The highest BCUT2D eigenvalue weighted by Crippen LogP contribution is 2.29. The number of rotatable bonds is 3. The first-order chi connectivity index (χ1) is 11.0. The minimum absolute atomic E-state index is 0.181. The molecule has 2 aliphatic rings. The fraction of sp³-hybridized carbons (Fsp3) is 0.562. The van der Waals surface area contributed by atoms with Gasteiger partial charge in [0.1, 0.15) is 12.3 Å². The van der Waals surface area contributed by atoms with Crippen molar-refractivity contribution in [1.29, 1.82) is 0 Å². The molecule has 1 atom stereocenters. The van der Waals surface area contributed by atoms with E-state index in [1.807, 2.05) is 0 Å². The number of carbonyl (C=O) groups is 3. The number of urea groups is 1. The number of likely N-dealkylation sites (tertiary alicyclic amines) is 1. The maximum atomic E-state index is 12.6. The SMILES string of the molecule is CC1(c2ccco2)NC(=O)N(CC(=O)N2CCCCCC2)C1=O. The van der Waals surface area contributed by atoms with Crippen molar-refractivity contribution in [3.8, 4) is 0 Å². The van der Waals surface area contributed by atoms with E-state index in [0.717, 1.165) is 30.6 Å². The molecule has 1 aromatic heterocycles. The van der Waals surface area contributed by atoms with Crippen LogP contribution in [0.25, 0.3) is 0 Å². The molecule has 7 heteroatoms. The first kappa shape index (κ1) is 15.6. The zero-order valence-corrected chi connectivity index (χ0v) is 13.2. The lowest BCUT2D eigenvalue weighted by Gasteiger charge is -2.23. The van der Waals surface area contributed by atoms with Crippen LogP contribution in [0.2, 0.25) is 0 Å². The van der Waals surface area contributed by atoms with Gasteiger partial charge >= 0.3 is 6.03 Å². The monoisotopic (exact) mass is 319 g/mol. The van der Waals surface area contributed by atoms with Crippen LogP contribution in [0.4, 0.5) is 4.79 Å². The summed E-state index contributed by atoms with van der Waals surface area (Å²) in [6, 6.07) is 2.74.